The third-order valence-electron chi connectivity index (χ3n) is 12.2. The highest BCUT2D eigenvalue weighted by Crippen LogP contribution is 2.58. The van der Waals surface area contributed by atoms with Crippen LogP contribution >= 0.6 is 0 Å². The van der Waals surface area contributed by atoms with Gasteiger partial charge in [-0.2, -0.15) is 0 Å². The summed E-state index contributed by atoms with van der Waals surface area (Å²) < 4.78 is 13.3. The van der Waals surface area contributed by atoms with Crippen LogP contribution in [0, 0.1) is 0 Å². The summed E-state index contributed by atoms with van der Waals surface area (Å²) >= 11 is 0. The average Bonchev–Trinajstić information content (AvgIpc) is 3.88. The van der Waals surface area contributed by atoms with Crippen LogP contribution in [0.25, 0.3) is 121 Å². The van der Waals surface area contributed by atoms with Crippen molar-refractivity contribution in [2.75, 3.05) is 0 Å². The number of para-hydroxylation sites is 3. The molecule has 7 nitrogen and oxygen atoms in total. The molecule has 12 rings (SSSR count). The zero-order valence-corrected chi connectivity index (χ0v) is 32.1. The molecular weight excluding hydrogens is 761 g/mol. The topological polar surface area (TPSA) is 127 Å². The summed E-state index contributed by atoms with van der Waals surface area (Å²) in [7, 11) is 0. The minimum absolute atomic E-state index is 0.196. The number of aromatic hydroxyl groups is 5. The van der Waals surface area contributed by atoms with Gasteiger partial charge < -0.3 is 34.4 Å². The molecule has 0 aliphatic rings. The van der Waals surface area contributed by atoms with Crippen LogP contribution in [0.1, 0.15) is 0 Å². The molecule has 61 heavy (non-hydrogen) atoms. The Morgan fingerprint density at radius 2 is 0.738 bits per heavy atom. The van der Waals surface area contributed by atoms with Crippen molar-refractivity contribution in [1.29, 1.82) is 0 Å². The first-order chi connectivity index (χ1) is 29.9. The van der Waals surface area contributed by atoms with E-state index in [9.17, 15) is 25.5 Å². The highest BCUT2D eigenvalue weighted by atomic mass is 16.4. The summed E-state index contributed by atoms with van der Waals surface area (Å²) in [5, 5.41) is 63.2. The maximum atomic E-state index is 11.3. The molecule has 0 spiro atoms. The lowest BCUT2D eigenvalue weighted by Crippen LogP contribution is -1.93. The van der Waals surface area contributed by atoms with Gasteiger partial charge in [0.2, 0.25) is 17.2 Å². The summed E-state index contributed by atoms with van der Waals surface area (Å²) in [5.41, 5.74) is 8.99. The maximum Gasteiger partial charge on any atom is 0.208 e. The van der Waals surface area contributed by atoms with Gasteiger partial charge in [0.25, 0.3) is 0 Å². The predicted octanol–water partition coefficient (Wildman–Crippen LogP) is 14.1. The molecule has 12 aromatic rings. The minimum atomic E-state index is -1.01. The summed E-state index contributed by atoms with van der Waals surface area (Å²) in [4.78, 5) is 0. The van der Waals surface area contributed by atoms with Gasteiger partial charge in [0.05, 0.1) is 5.56 Å². The molecule has 7 heteroatoms. The number of fused-ring (bicyclic) bond motifs is 9. The molecule has 0 aliphatic heterocycles. The molecule has 0 saturated carbocycles. The molecule has 0 unspecified atom stereocenters. The number of rotatable bonds is 4. The summed E-state index contributed by atoms with van der Waals surface area (Å²) in [6, 6.07) is 54.9. The standard InChI is InChI=1S/C54H32O7/c55-48-47(49(56)51(58)52(59)50(48)57)46-36-18-5-3-16-34(36)45(35-17-4-6-19-37(35)46)30-24-28-12-1-2-13-31(28)40(27-30)29-25-41-33-15-8-10-23-44(33)61-54(41)42(26-29)39-21-11-20-38-32-14-7-9-22-43(32)60-53(38)39/h1-27,55-59H. The van der Waals surface area contributed by atoms with Crippen molar-refractivity contribution in [2.24, 2.45) is 0 Å². The highest BCUT2D eigenvalue weighted by Gasteiger charge is 2.28. The molecule has 0 atom stereocenters. The Bertz CT molecular complexity index is 3750. The van der Waals surface area contributed by atoms with E-state index in [1.165, 1.54) is 0 Å². The smallest absolute Gasteiger partial charge is 0.208 e. The van der Waals surface area contributed by atoms with Crippen molar-refractivity contribution in [3.8, 4) is 73.3 Å². The molecular formula is C54H32O7. The van der Waals surface area contributed by atoms with E-state index in [-0.39, 0.29) is 5.56 Å². The number of phenols is 5. The fourth-order valence-electron chi connectivity index (χ4n) is 9.47. The van der Waals surface area contributed by atoms with Crippen LogP contribution in [-0.4, -0.2) is 25.5 Å². The van der Waals surface area contributed by atoms with Gasteiger partial charge in [-0.05, 0) is 91.0 Å². The Morgan fingerprint density at radius 1 is 0.279 bits per heavy atom. The van der Waals surface area contributed by atoms with Crippen LogP contribution in [-0.2, 0) is 0 Å². The predicted molar refractivity (Wildman–Crippen MR) is 244 cm³/mol. The maximum absolute atomic E-state index is 11.3. The van der Waals surface area contributed by atoms with Gasteiger partial charge in [-0.3, -0.25) is 0 Å². The van der Waals surface area contributed by atoms with Gasteiger partial charge in [-0.15, -0.1) is 0 Å². The molecule has 2 heterocycles. The molecule has 5 N–H and O–H groups in total. The fraction of sp³-hybridized carbons (Fsp3) is 0. The molecule has 0 radical (unpaired) electrons. The second-order valence-corrected chi connectivity index (χ2v) is 15.5. The normalized spacial score (nSPS) is 11.9. The lowest BCUT2D eigenvalue weighted by molar-refractivity contribution is 0.330. The Kier molecular flexibility index (Phi) is 7.25. The Morgan fingerprint density at radius 3 is 1.36 bits per heavy atom. The summed E-state index contributed by atoms with van der Waals surface area (Å²) in [5.74, 6) is -4.37. The minimum Gasteiger partial charge on any atom is -0.504 e. The van der Waals surface area contributed by atoms with Crippen LogP contribution in [0.2, 0.25) is 0 Å². The van der Waals surface area contributed by atoms with E-state index < -0.39 is 28.7 Å². The van der Waals surface area contributed by atoms with Gasteiger partial charge >= 0.3 is 0 Å². The van der Waals surface area contributed by atoms with Gasteiger partial charge in [0.15, 0.2) is 11.5 Å². The van der Waals surface area contributed by atoms with E-state index >= 15 is 0 Å². The van der Waals surface area contributed by atoms with Crippen LogP contribution < -0.4 is 0 Å². The zero-order valence-electron chi connectivity index (χ0n) is 32.1. The Balaban J connectivity index is 1.18. The Labute approximate surface area is 346 Å². The van der Waals surface area contributed by atoms with Crippen LogP contribution in [0.4, 0.5) is 0 Å². The first-order valence-corrected chi connectivity index (χ1v) is 19.9. The van der Waals surface area contributed by atoms with E-state index in [4.69, 9.17) is 8.83 Å². The third-order valence-corrected chi connectivity index (χ3v) is 12.2. The van der Waals surface area contributed by atoms with Gasteiger partial charge in [-0.25, -0.2) is 0 Å². The number of hydrogen-bond acceptors (Lipinski definition) is 7. The van der Waals surface area contributed by atoms with Crippen molar-refractivity contribution in [3.63, 3.8) is 0 Å². The van der Waals surface area contributed by atoms with Crippen molar-refractivity contribution in [1.82, 2.24) is 0 Å². The first kappa shape index (κ1) is 34.6. The number of benzene rings is 10. The van der Waals surface area contributed by atoms with Gasteiger partial charge in [0, 0.05) is 38.2 Å². The van der Waals surface area contributed by atoms with E-state index in [0.29, 0.717) is 16.3 Å². The molecule has 10 aromatic carbocycles. The van der Waals surface area contributed by atoms with E-state index in [2.05, 4.69) is 66.7 Å². The van der Waals surface area contributed by atoms with Gasteiger partial charge in [-0.1, -0.05) is 127 Å². The molecule has 0 saturated heterocycles. The van der Waals surface area contributed by atoms with Crippen LogP contribution in [0.5, 0.6) is 28.7 Å². The second-order valence-electron chi connectivity index (χ2n) is 15.5. The monoisotopic (exact) mass is 792 g/mol. The van der Waals surface area contributed by atoms with Crippen LogP contribution in [0.15, 0.2) is 173 Å². The Hall–Kier alpha value is -8.42. The SMILES string of the molecule is Oc1c(O)c(O)c(-c2c3ccccc3c(-c3cc(-c4cc(-c5cccc6c5oc5ccccc56)c5oc6ccccc6c5c4)c4ccccc4c3)c3ccccc23)c(O)c1O. The summed E-state index contributed by atoms with van der Waals surface area (Å²) in [6.45, 7) is 0. The van der Waals surface area contributed by atoms with Crippen molar-refractivity contribution in [3.05, 3.63) is 164 Å². The quantitative estimate of drug-likeness (QED) is 0.0682. The molecule has 0 aliphatic carbocycles. The first-order valence-electron chi connectivity index (χ1n) is 19.9. The van der Waals surface area contributed by atoms with Crippen LogP contribution in [0.3, 0.4) is 0 Å². The number of hydrogen-bond donors (Lipinski definition) is 5. The van der Waals surface area contributed by atoms with E-state index in [0.717, 1.165) is 98.8 Å². The fourth-order valence-corrected chi connectivity index (χ4v) is 9.47. The van der Waals surface area contributed by atoms with E-state index in [1.807, 2.05) is 97.1 Å². The molecule has 0 amide bonds. The lowest BCUT2D eigenvalue weighted by Gasteiger charge is -2.21. The lowest BCUT2D eigenvalue weighted by atomic mass is 9.83. The zero-order chi connectivity index (χ0) is 41.1. The second kappa shape index (κ2) is 12.8. The summed E-state index contributed by atoms with van der Waals surface area (Å²) in [6.07, 6.45) is 0. The molecule has 0 fully saturated rings. The van der Waals surface area contributed by atoms with Crippen molar-refractivity contribution < 1.29 is 34.4 Å². The average molecular weight is 793 g/mol. The number of furan rings is 2. The molecule has 0 bridgehead atoms. The van der Waals surface area contributed by atoms with Crippen molar-refractivity contribution >= 4 is 76.2 Å². The van der Waals surface area contributed by atoms with E-state index in [1.54, 1.807) is 0 Å². The third kappa shape index (κ3) is 4.92. The van der Waals surface area contributed by atoms with Gasteiger partial charge in [0.1, 0.15) is 22.3 Å². The molecule has 2 aromatic heterocycles. The highest BCUT2D eigenvalue weighted by molar-refractivity contribution is 6.24. The number of phenolic OH excluding ortho intramolecular Hbond substituents is 5. The van der Waals surface area contributed by atoms with Crippen molar-refractivity contribution in [2.45, 2.75) is 0 Å². The molecule has 290 valence electrons. The largest absolute Gasteiger partial charge is 0.504 e.